The van der Waals surface area contributed by atoms with Crippen molar-refractivity contribution >= 4 is 61.5 Å². The van der Waals surface area contributed by atoms with Gasteiger partial charge in [-0.3, -0.25) is 9.59 Å². The Morgan fingerprint density at radius 1 is 0.821 bits per heavy atom. The molecular formula is C39H34N4O13. The van der Waals surface area contributed by atoms with Crippen molar-refractivity contribution < 1.29 is 51.0 Å². The summed E-state index contributed by atoms with van der Waals surface area (Å²) in [5.74, 6) is -0.432. The number of benzene rings is 2. The lowest BCUT2D eigenvalue weighted by atomic mass is 9.82. The summed E-state index contributed by atoms with van der Waals surface area (Å²) in [6.07, 6.45) is 2.20. The van der Waals surface area contributed by atoms with Crippen LogP contribution in [0.15, 0.2) is 111 Å². The molecule has 4 aliphatic rings. The van der Waals surface area contributed by atoms with Gasteiger partial charge in [-0.15, -0.1) is 0 Å². The number of ketones is 2. The van der Waals surface area contributed by atoms with E-state index < -0.39 is 34.8 Å². The number of carbonyl (C=O) groups excluding carboxylic acids is 3. The summed E-state index contributed by atoms with van der Waals surface area (Å²) in [7, 11) is 4.55. The maximum Gasteiger partial charge on any atom is 0.404 e. The number of carbonyl (C=O) groups is 3. The van der Waals surface area contributed by atoms with E-state index in [1.807, 2.05) is 29.2 Å². The predicted molar refractivity (Wildman–Crippen MR) is 198 cm³/mol. The molecule has 0 spiro atoms. The van der Waals surface area contributed by atoms with E-state index in [1.54, 1.807) is 24.7 Å². The number of nitrogens with zero attached hydrogens (tertiary/aromatic N) is 1. The Balaban J connectivity index is 0.000000122. The molecule has 0 saturated carbocycles. The number of amides is 1. The molecule has 2 aromatic carbocycles. The number of allylic oxidation sites excluding steroid dienone is 2. The molecule has 4 aromatic heterocycles. The topological polar surface area (TPSA) is 252 Å². The number of fused-ring (bicyclic) bond motifs is 8. The molecular weight excluding hydrogens is 732 g/mol. The minimum absolute atomic E-state index is 0.0586. The van der Waals surface area contributed by atoms with E-state index in [-0.39, 0.29) is 41.3 Å². The number of nitrogens with one attached hydrogen (secondary N) is 1. The van der Waals surface area contributed by atoms with Crippen LogP contribution in [0, 0.1) is 5.92 Å². The molecule has 6 aromatic rings. The lowest BCUT2D eigenvalue weighted by Gasteiger charge is -2.39. The fourth-order valence-corrected chi connectivity index (χ4v) is 7.89. The molecule has 0 radical (unpaired) electrons. The lowest BCUT2D eigenvalue weighted by Crippen LogP contribution is -2.55. The molecule has 2 saturated heterocycles. The highest BCUT2D eigenvalue weighted by molar-refractivity contribution is 6.25. The third-order valence-corrected chi connectivity index (χ3v) is 10.4. The van der Waals surface area contributed by atoms with Crippen LogP contribution in [0.2, 0.25) is 0 Å². The van der Waals surface area contributed by atoms with Crippen molar-refractivity contribution in [2.75, 3.05) is 34.5 Å². The van der Waals surface area contributed by atoms with Crippen LogP contribution < -0.4 is 37.5 Å². The maximum atomic E-state index is 12.8. The first kappa shape index (κ1) is 36.1. The number of primary amides is 1. The maximum absolute atomic E-state index is 12.8. The number of furan rings is 2. The van der Waals surface area contributed by atoms with E-state index in [2.05, 4.69) is 5.32 Å². The monoisotopic (exact) mass is 766 g/mol. The zero-order valence-corrected chi connectivity index (χ0v) is 30.3. The van der Waals surface area contributed by atoms with E-state index in [0.29, 0.717) is 46.1 Å². The van der Waals surface area contributed by atoms with Gasteiger partial charge in [-0.25, -0.2) is 14.4 Å². The van der Waals surface area contributed by atoms with E-state index in [9.17, 15) is 24.0 Å². The average molecular weight is 767 g/mol. The van der Waals surface area contributed by atoms with Crippen LogP contribution in [0.5, 0.6) is 11.5 Å². The van der Waals surface area contributed by atoms with E-state index in [1.165, 1.54) is 40.4 Å². The molecule has 0 unspecified atom stereocenters. The van der Waals surface area contributed by atoms with E-state index in [0.717, 1.165) is 21.5 Å². The molecule has 2 fully saturated rings. The van der Waals surface area contributed by atoms with Crippen molar-refractivity contribution in [3.05, 3.63) is 104 Å². The number of hydrogen-bond acceptors (Lipinski definition) is 16. The van der Waals surface area contributed by atoms with Gasteiger partial charge in [0.25, 0.3) is 0 Å². The van der Waals surface area contributed by atoms with Crippen molar-refractivity contribution in [1.29, 1.82) is 0 Å². The van der Waals surface area contributed by atoms with Gasteiger partial charge in [-0.1, -0.05) is 0 Å². The first-order valence-corrected chi connectivity index (χ1v) is 17.2. The third kappa shape index (κ3) is 5.50. The zero-order chi connectivity index (χ0) is 39.6. The van der Waals surface area contributed by atoms with Gasteiger partial charge in [-0.2, -0.15) is 0 Å². The summed E-state index contributed by atoms with van der Waals surface area (Å²) in [5, 5.41) is 6.73. The third-order valence-electron chi connectivity index (χ3n) is 10.4. The van der Waals surface area contributed by atoms with Crippen LogP contribution in [-0.2, 0) is 19.1 Å². The predicted octanol–water partition coefficient (Wildman–Crippen LogP) is 3.44. The van der Waals surface area contributed by atoms with Crippen molar-refractivity contribution in [2.24, 2.45) is 17.4 Å². The summed E-state index contributed by atoms with van der Waals surface area (Å²) >= 11 is 0. The van der Waals surface area contributed by atoms with Crippen molar-refractivity contribution in [3.63, 3.8) is 0 Å². The number of piperazine rings is 1. The van der Waals surface area contributed by atoms with E-state index in [4.69, 9.17) is 48.1 Å². The highest BCUT2D eigenvalue weighted by Crippen LogP contribution is 2.55. The molecule has 1 amide bonds. The van der Waals surface area contributed by atoms with Gasteiger partial charge in [0, 0.05) is 64.5 Å². The Morgan fingerprint density at radius 2 is 1.36 bits per heavy atom. The average Bonchev–Trinajstić information content (AvgIpc) is 3.51. The van der Waals surface area contributed by atoms with Crippen LogP contribution in [0.3, 0.4) is 0 Å². The summed E-state index contributed by atoms with van der Waals surface area (Å²) in [5.41, 5.74) is 11.9. The number of methoxy groups -OCH3 is 3. The van der Waals surface area contributed by atoms with Gasteiger partial charge in [0.05, 0.1) is 50.1 Å². The molecule has 7 heterocycles. The molecule has 56 heavy (non-hydrogen) atoms. The Kier molecular flexibility index (Phi) is 8.69. The van der Waals surface area contributed by atoms with Crippen LogP contribution >= 0.6 is 0 Å². The summed E-state index contributed by atoms with van der Waals surface area (Å²) < 4.78 is 42.1. The van der Waals surface area contributed by atoms with Gasteiger partial charge >= 0.3 is 17.3 Å². The van der Waals surface area contributed by atoms with Crippen LogP contribution in [-0.4, -0.2) is 74.8 Å². The Hall–Kier alpha value is -6.85. The van der Waals surface area contributed by atoms with Crippen molar-refractivity contribution in [1.82, 2.24) is 10.2 Å². The van der Waals surface area contributed by atoms with Gasteiger partial charge in [0.15, 0.2) is 28.1 Å². The molecule has 10 rings (SSSR count). The smallest absolute Gasteiger partial charge is 0.404 e. The largest absolute Gasteiger partial charge is 0.490 e. The standard InChI is InChI=1S/C15H18N4O5.2C12H8O4/c1-5-9(16)12(21)8-6(4-24-14(17)22)15(23-2)13-7(18-13)3-19(15)10(8)11(5)20;2*1-14-12-10-8(4-5-15-10)6-7-2-3-9(13)16-11(7)12/h6-7,13,18H,3-4,16H2,1-2H3,(H2,17,22);2*2-6H,1H3/t6-,7+,13+,15-;;/m1../s1. The molecule has 5 N–H and O–H groups in total. The summed E-state index contributed by atoms with van der Waals surface area (Å²) in [6, 6.07) is 13.7. The number of nitrogens with two attached hydrogens (primary N) is 2. The van der Waals surface area contributed by atoms with Gasteiger partial charge in [-0.05, 0) is 43.3 Å². The number of hydrogen-bond donors (Lipinski definition) is 3. The summed E-state index contributed by atoms with van der Waals surface area (Å²) in [4.78, 5) is 60.8. The highest BCUT2D eigenvalue weighted by atomic mass is 16.6. The Bertz CT molecular complexity index is 2680. The quantitative estimate of drug-likeness (QED) is 0.129. The Labute approximate surface area is 314 Å². The number of rotatable bonds is 5. The number of ether oxygens (including phenoxy) is 4. The molecule has 288 valence electrons. The van der Waals surface area contributed by atoms with Crippen LogP contribution in [0.1, 0.15) is 6.92 Å². The highest BCUT2D eigenvalue weighted by Gasteiger charge is 2.72. The minimum Gasteiger partial charge on any atom is -0.490 e. The first-order chi connectivity index (χ1) is 26.9. The molecule has 17 heteroatoms. The molecule has 1 aliphatic carbocycles. The second-order valence-corrected chi connectivity index (χ2v) is 13.3. The second-order valence-electron chi connectivity index (χ2n) is 13.3. The van der Waals surface area contributed by atoms with Gasteiger partial charge in [0.1, 0.15) is 6.61 Å². The fraction of sp³-hybridized carbons (Fsp3) is 0.256. The SMILES string of the molecule is CO[C@@]12[C@H](COC(N)=O)C3=C(C(=O)C(C)=C(N)C3=O)N1C[C@@H]1N[C@@H]12.COc1c2occc2cc2ccc(=O)oc12.COc1c2occc2cc2ccc(=O)oc12. The lowest BCUT2D eigenvalue weighted by molar-refractivity contribution is -0.137. The first-order valence-electron chi connectivity index (χ1n) is 17.2. The Morgan fingerprint density at radius 3 is 1.86 bits per heavy atom. The minimum atomic E-state index is -0.957. The zero-order valence-electron chi connectivity index (χ0n) is 30.3. The van der Waals surface area contributed by atoms with Crippen molar-refractivity contribution in [3.8, 4) is 11.5 Å². The summed E-state index contributed by atoms with van der Waals surface area (Å²) in [6.45, 7) is 1.92. The number of Topliss-reactive ketones (excluding diaryl/α,β-unsaturated/α-hetero) is 2. The van der Waals surface area contributed by atoms with Crippen LogP contribution in [0.4, 0.5) is 4.79 Å². The van der Waals surface area contributed by atoms with E-state index >= 15 is 0 Å². The molecule has 0 bridgehead atoms. The fourth-order valence-electron chi connectivity index (χ4n) is 7.89. The van der Waals surface area contributed by atoms with Gasteiger partial charge < -0.3 is 58.3 Å². The molecule has 3 aliphatic heterocycles. The van der Waals surface area contributed by atoms with Crippen molar-refractivity contribution in [2.45, 2.75) is 24.7 Å². The normalized spacial score (nSPS) is 22.1. The van der Waals surface area contributed by atoms with Crippen LogP contribution in [0.25, 0.3) is 43.9 Å². The molecule has 4 atom stereocenters. The second kappa shape index (κ2) is 13.5. The van der Waals surface area contributed by atoms with Gasteiger partial charge in [0.2, 0.25) is 23.1 Å². The molecule has 17 nitrogen and oxygen atoms in total.